The molecule has 2 aromatic carbocycles. The fourth-order valence-corrected chi connectivity index (χ4v) is 2.91. The minimum Gasteiger partial charge on any atom is -0.492 e. The molecule has 0 spiro atoms. The SMILES string of the molecule is O=C(Nc1cccc(C(F)(F)F)c1)c1cc(Br)cc2c1OCC2. The molecule has 0 bridgehead atoms. The van der Waals surface area contributed by atoms with Gasteiger partial charge < -0.3 is 10.1 Å². The number of benzene rings is 2. The first-order chi connectivity index (χ1) is 10.8. The Bertz CT molecular complexity index is 774. The lowest BCUT2D eigenvalue weighted by Crippen LogP contribution is -2.14. The maximum Gasteiger partial charge on any atom is 0.416 e. The van der Waals surface area contributed by atoms with Crippen LogP contribution in [0.1, 0.15) is 21.5 Å². The predicted octanol–water partition coefficient (Wildman–Crippen LogP) is 4.66. The summed E-state index contributed by atoms with van der Waals surface area (Å²) in [5, 5.41) is 2.49. The Labute approximate surface area is 138 Å². The molecule has 0 saturated heterocycles. The first-order valence-electron chi connectivity index (χ1n) is 6.78. The third-order valence-electron chi connectivity index (χ3n) is 3.44. The molecule has 1 aliphatic rings. The molecule has 0 aliphatic carbocycles. The minimum absolute atomic E-state index is 0.0801. The third-order valence-corrected chi connectivity index (χ3v) is 3.90. The number of hydrogen-bond acceptors (Lipinski definition) is 2. The fourth-order valence-electron chi connectivity index (χ4n) is 2.41. The summed E-state index contributed by atoms with van der Waals surface area (Å²) in [6.07, 6.45) is -3.76. The van der Waals surface area contributed by atoms with Gasteiger partial charge in [0.25, 0.3) is 5.91 Å². The first kappa shape index (κ1) is 15.9. The zero-order valence-electron chi connectivity index (χ0n) is 11.7. The van der Waals surface area contributed by atoms with Crippen LogP contribution < -0.4 is 10.1 Å². The molecule has 23 heavy (non-hydrogen) atoms. The molecule has 0 saturated carbocycles. The van der Waals surface area contributed by atoms with E-state index in [0.29, 0.717) is 24.3 Å². The van der Waals surface area contributed by atoms with E-state index in [1.54, 1.807) is 6.07 Å². The van der Waals surface area contributed by atoms with Crippen LogP contribution in [-0.4, -0.2) is 12.5 Å². The highest BCUT2D eigenvalue weighted by atomic mass is 79.9. The standard InChI is InChI=1S/C16H11BrF3NO2/c17-11-6-9-4-5-23-14(9)13(8-11)15(22)21-12-3-1-2-10(7-12)16(18,19)20/h1-3,6-8H,4-5H2,(H,21,22). The van der Waals surface area contributed by atoms with Gasteiger partial charge in [-0.2, -0.15) is 13.2 Å². The largest absolute Gasteiger partial charge is 0.492 e. The van der Waals surface area contributed by atoms with E-state index in [1.807, 2.05) is 6.07 Å². The quantitative estimate of drug-likeness (QED) is 0.816. The van der Waals surface area contributed by atoms with Crippen molar-refractivity contribution in [2.24, 2.45) is 0 Å². The number of carbonyl (C=O) groups is 1. The predicted molar refractivity (Wildman–Crippen MR) is 82.7 cm³/mol. The fraction of sp³-hybridized carbons (Fsp3) is 0.188. The van der Waals surface area contributed by atoms with E-state index >= 15 is 0 Å². The molecule has 1 aliphatic heterocycles. The first-order valence-corrected chi connectivity index (χ1v) is 7.58. The van der Waals surface area contributed by atoms with Gasteiger partial charge in [-0.3, -0.25) is 4.79 Å². The number of rotatable bonds is 2. The van der Waals surface area contributed by atoms with Crippen molar-refractivity contribution in [3.63, 3.8) is 0 Å². The Balaban J connectivity index is 1.89. The van der Waals surface area contributed by atoms with E-state index in [4.69, 9.17) is 4.74 Å². The van der Waals surface area contributed by atoms with E-state index in [1.165, 1.54) is 12.1 Å². The second kappa shape index (κ2) is 5.88. The van der Waals surface area contributed by atoms with Crippen molar-refractivity contribution in [2.75, 3.05) is 11.9 Å². The monoisotopic (exact) mass is 385 g/mol. The van der Waals surface area contributed by atoms with Crippen LogP contribution >= 0.6 is 15.9 Å². The molecule has 0 radical (unpaired) electrons. The van der Waals surface area contributed by atoms with E-state index in [2.05, 4.69) is 21.2 Å². The van der Waals surface area contributed by atoms with Crippen LogP contribution in [0.15, 0.2) is 40.9 Å². The number of hydrogen-bond donors (Lipinski definition) is 1. The van der Waals surface area contributed by atoms with Crippen LogP contribution in [0.3, 0.4) is 0 Å². The highest BCUT2D eigenvalue weighted by molar-refractivity contribution is 9.10. The number of alkyl halides is 3. The molecule has 1 N–H and O–H groups in total. The second-order valence-corrected chi connectivity index (χ2v) is 5.99. The average Bonchev–Trinajstić information content (AvgIpc) is 2.93. The number of anilines is 1. The van der Waals surface area contributed by atoms with Crippen molar-refractivity contribution in [3.8, 4) is 5.75 Å². The van der Waals surface area contributed by atoms with Crippen LogP contribution in [0.5, 0.6) is 5.75 Å². The van der Waals surface area contributed by atoms with E-state index in [-0.39, 0.29) is 5.69 Å². The number of amides is 1. The highest BCUT2D eigenvalue weighted by Crippen LogP contribution is 2.34. The van der Waals surface area contributed by atoms with Gasteiger partial charge in [0.05, 0.1) is 17.7 Å². The third kappa shape index (κ3) is 3.34. The van der Waals surface area contributed by atoms with Crippen LogP contribution in [-0.2, 0) is 12.6 Å². The molecule has 2 aromatic rings. The molecule has 120 valence electrons. The van der Waals surface area contributed by atoms with Gasteiger partial charge in [0.2, 0.25) is 0 Å². The summed E-state index contributed by atoms with van der Waals surface area (Å²) in [6, 6.07) is 7.97. The lowest BCUT2D eigenvalue weighted by Gasteiger charge is -2.12. The van der Waals surface area contributed by atoms with Gasteiger partial charge in [0.15, 0.2) is 0 Å². The summed E-state index contributed by atoms with van der Waals surface area (Å²) in [5.41, 5.74) is 0.459. The maximum absolute atomic E-state index is 12.7. The number of halogens is 4. The smallest absolute Gasteiger partial charge is 0.416 e. The van der Waals surface area contributed by atoms with E-state index in [0.717, 1.165) is 22.2 Å². The van der Waals surface area contributed by atoms with Crippen molar-refractivity contribution in [1.82, 2.24) is 0 Å². The van der Waals surface area contributed by atoms with Gasteiger partial charge in [-0.25, -0.2) is 0 Å². The molecule has 3 rings (SSSR count). The normalized spacial score (nSPS) is 13.4. The Morgan fingerprint density at radius 1 is 1.22 bits per heavy atom. The van der Waals surface area contributed by atoms with Crippen molar-refractivity contribution in [2.45, 2.75) is 12.6 Å². The zero-order valence-corrected chi connectivity index (χ0v) is 13.3. The molecule has 0 unspecified atom stereocenters. The number of carbonyl (C=O) groups excluding carboxylic acids is 1. The Morgan fingerprint density at radius 3 is 2.74 bits per heavy atom. The summed E-state index contributed by atoms with van der Waals surface area (Å²) >= 11 is 3.32. The average molecular weight is 386 g/mol. The zero-order chi connectivity index (χ0) is 16.6. The molecule has 1 amide bonds. The summed E-state index contributed by atoms with van der Waals surface area (Å²) in [7, 11) is 0. The molecular formula is C16H11BrF3NO2. The Morgan fingerprint density at radius 2 is 2.00 bits per heavy atom. The topological polar surface area (TPSA) is 38.3 Å². The van der Waals surface area contributed by atoms with Gasteiger partial charge in [0, 0.05) is 16.6 Å². The van der Waals surface area contributed by atoms with Crippen LogP contribution in [0, 0.1) is 0 Å². The van der Waals surface area contributed by atoms with Gasteiger partial charge in [-0.1, -0.05) is 22.0 Å². The van der Waals surface area contributed by atoms with Crippen molar-refractivity contribution in [1.29, 1.82) is 0 Å². The lowest BCUT2D eigenvalue weighted by atomic mass is 10.1. The maximum atomic E-state index is 12.7. The molecule has 3 nitrogen and oxygen atoms in total. The van der Waals surface area contributed by atoms with Crippen molar-refractivity contribution < 1.29 is 22.7 Å². The van der Waals surface area contributed by atoms with Crippen LogP contribution in [0.2, 0.25) is 0 Å². The molecular weight excluding hydrogens is 375 g/mol. The van der Waals surface area contributed by atoms with Crippen molar-refractivity contribution in [3.05, 3.63) is 57.6 Å². The summed E-state index contributed by atoms with van der Waals surface area (Å²) in [4.78, 5) is 12.4. The van der Waals surface area contributed by atoms with Gasteiger partial charge in [-0.15, -0.1) is 0 Å². The van der Waals surface area contributed by atoms with E-state index < -0.39 is 17.6 Å². The van der Waals surface area contributed by atoms with Crippen molar-refractivity contribution >= 4 is 27.5 Å². The molecule has 0 aromatic heterocycles. The van der Waals surface area contributed by atoms with Crippen LogP contribution in [0.25, 0.3) is 0 Å². The number of nitrogens with one attached hydrogen (secondary N) is 1. The molecule has 7 heteroatoms. The Kier molecular flexibility index (Phi) is 4.06. The molecule has 0 atom stereocenters. The summed E-state index contributed by atoms with van der Waals surface area (Å²) in [6.45, 7) is 0.482. The van der Waals surface area contributed by atoms with Gasteiger partial charge in [0.1, 0.15) is 5.75 Å². The number of fused-ring (bicyclic) bond motifs is 1. The lowest BCUT2D eigenvalue weighted by molar-refractivity contribution is -0.137. The van der Waals surface area contributed by atoms with E-state index in [9.17, 15) is 18.0 Å². The highest BCUT2D eigenvalue weighted by Gasteiger charge is 2.30. The molecule has 1 heterocycles. The van der Waals surface area contributed by atoms with Gasteiger partial charge >= 0.3 is 6.18 Å². The second-order valence-electron chi connectivity index (χ2n) is 5.07. The Hall–Kier alpha value is -2.02. The van der Waals surface area contributed by atoms with Crippen LogP contribution in [0.4, 0.5) is 18.9 Å². The number of ether oxygens (including phenoxy) is 1. The summed E-state index contributed by atoms with van der Waals surface area (Å²) < 4.78 is 44.3. The minimum atomic E-state index is -4.46. The van der Waals surface area contributed by atoms with Gasteiger partial charge in [-0.05, 0) is 35.9 Å². The summed E-state index contributed by atoms with van der Waals surface area (Å²) in [5.74, 6) is -0.0264. The molecule has 0 fully saturated rings.